The second kappa shape index (κ2) is 14.5. The molecule has 1 N–H and O–H groups in total. The number of anilines is 1. The van der Waals surface area contributed by atoms with Crippen molar-refractivity contribution in [1.82, 2.24) is 10.2 Å². The van der Waals surface area contributed by atoms with E-state index in [4.69, 9.17) is 4.74 Å². The molecule has 0 spiro atoms. The number of sulfonamides is 1. The third kappa shape index (κ3) is 8.23. The first-order valence-corrected chi connectivity index (χ1v) is 15.5. The Morgan fingerprint density at radius 2 is 1.37 bits per heavy atom. The van der Waals surface area contributed by atoms with Crippen molar-refractivity contribution in [2.75, 3.05) is 18.0 Å². The fraction of sp³-hybridized carbons (Fsp3) is 0.235. The molecule has 0 aromatic heterocycles. The third-order valence-electron chi connectivity index (χ3n) is 6.85. The predicted molar refractivity (Wildman–Crippen MR) is 168 cm³/mol. The second-order valence-electron chi connectivity index (χ2n) is 10.4. The summed E-state index contributed by atoms with van der Waals surface area (Å²) in [6, 6.07) is 32.3. The monoisotopic (exact) mass is 599 g/mol. The molecule has 0 aliphatic heterocycles. The smallest absolute Gasteiger partial charge is 0.264 e. The highest BCUT2D eigenvalue weighted by Gasteiger charge is 2.34. The van der Waals surface area contributed by atoms with Gasteiger partial charge in [0.05, 0.1) is 17.7 Å². The van der Waals surface area contributed by atoms with Crippen LogP contribution in [0.1, 0.15) is 25.0 Å². The van der Waals surface area contributed by atoms with Gasteiger partial charge in [-0.25, -0.2) is 8.42 Å². The Kier molecular flexibility index (Phi) is 10.6. The number of carbonyl (C=O) groups is 2. The van der Waals surface area contributed by atoms with Gasteiger partial charge in [-0.1, -0.05) is 84.9 Å². The van der Waals surface area contributed by atoms with Crippen molar-refractivity contribution in [3.05, 3.63) is 126 Å². The van der Waals surface area contributed by atoms with E-state index in [9.17, 15) is 18.0 Å². The molecule has 1 atom stereocenters. The summed E-state index contributed by atoms with van der Waals surface area (Å²) >= 11 is 0. The van der Waals surface area contributed by atoms with Crippen LogP contribution < -0.4 is 14.4 Å². The molecule has 0 radical (unpaired) electrons. The zero-order valence-corrected chi connectivity index (χ0v) is 25.4. The minimum atomic E-state index is -4.17. The fourth-order valence-electron chi connectivity index (χ4n) is 4.73. The van der Waals surface area contributed by atoms with Crippen LogP contribution in [0.4, 0.5) is 5.69 Å². The maximum atomic E-state index is 14.4. The minimum absolute atomic E-state index is 0.0404. The van der Waals surface area contributed by atoms with Gasteiger partial charge in [0.2, 0.25) is 11.8 Å². The van der Waals surface area contributed by atoms with Gasteiger partial charge in [0.1, 0.15) is 18.3 Å². The highest BCUT2D eigenvalue weighted by atomic mass is 32.2. The molecular weight excluding hydrogens is 562 g/mol. The molecule has 0 saturated carbocycles. The molecule has 9 heteroatoms. The topological polar surface area (TPSA) is 96.0 Å². The number of benzene rings is 4. The Bertz CT molecular complexity index is 1600. The Hall–Kier alpha value is -4.63. The van der Waals surface area contributed by atoms with E-state index in [0.29, 0.717) is 5.75 Å². The van der Waals surface area contributed by atoms with Gasteiger partial charge < -0.3 is 15.0 Å². The summed E-state index contributed by atoms with van der Waals surface area (Å²) in [7, 11) is -2.69. The van der Waals surface area contributed by atoms with E-state index < -0.39 is 28.5 Å². The minimum Gasteiger partial charge on any atom is -0.497 e. The Balaban J connectivity index is 1.80. The lowest BCUT2D eigenvalue weighted by Gasteiger charge is -2.34. The Labute approximate surface area is 254 Å². The van der Waals surface area contributed by atoms with Crippen LogP contribution in [-0.2, 0) is 32.6 Å². The molecule has 43 heavy (non-hydrogen) atoms. The zero-order chi connectivity index (χ0) is 30.8. The maximum Gasteiger partial charge on any atom is 0.264 e. The summed E-state index contributed by atoms with van der Waals surface area (Å²) in [6.07, 6.45) is 0.253. The summed E-state index contributed by atoms with van der Waals surface area (Å²) < 4.78 is 34.5. The molecular formula is C34H37N3O5S. The number of hydrogen-bond donors (Lipinski definition) is 1. The lowest BCUT2D eigenvalue weighted by molar-refractivity contribution is -0.140. The van der Waals surface area contributed by atoms with Crippen LogP contribution in [0.5, 0.6) is 5.75 Å². The molecule has 4 aromatic rings. The summed E-state index contributed by atoms with van der Waals surface area (Å²) in [6.45, 7) is 3.30. The van der Waals surface area contributed by atoms with Gasteiger partial charge in [0.15, 0.2) is 0 Å². The molecule has 0 aliphatic rings. The SMILES string of the molecule is COc1cccc(N(CC(=O)N(Cc2ccccc2)[C@H](Cc2ccccc2)C(=O)NC(C)C)S(=O)(=O)c2ccccc2)c1. The quantitative estimate of drug-likeness (QED) is 0.232. The molecule has 4 aromatic carbocycles. The van der Waals surface area contributed by atoms with Crippen LogP contribution in [0.3, 0.4) is 0 Å². The number of amides is 2. The van der Waals surface area contributed by atoms with E-state index >= 15 is 0 Å². The molecule has 0 heterocycles. The van der Waals surface area contributed by atoms with Crippen LogP contribution in [-0.4, -0.2) is 50.9 Å². The van der Waals surface area contributed by atoms with Crippen molar-refractivity contribution in [3.8, 4) is 5.75 Å². The molecule has 0 aliphatic carbocycles. The Morgan fingerprint density at radius 1 is 0.791 bits per heavy atom. The van der Waals surface area contributed by atoms with Crippen LogP contribution in [0.2, 0.25) is 0 Å². The van der Waals surface area contributed by atoms with E-state index in [1.54, 1.807) is 42.5 Å². The van der Waals surface area contributed by atoms with Gasteiger partial charge in [-0.2, -0.15) is 0 Å². The van der Waals surface area contributed by atoms with Crippen molar-refractivity contribution >= 4 is 27.5 Å². The summed E-state index contributed by atoms with van der Waals surface area (Å²) in [5.74, 6) is -0.398. The number of nitrogens with one attached hydrogen (secondary N) is 1. The number of hydrogen-bond acceptors (Lipinski definition) is 5. The maximum absolute atomic E-state index is 14.4. The molecule has 0 fully saturated rings. The average molecular weight is 600 g/mol. The zero-order valence-electron chi connectivity index (χ0n) is 24.6. The predicted octanol–water partition coefficient (Wildman–Crippen LogP) is 5.06. The summed E-state index contributed by atoms with van der Waals surface area (Å²) in [5.41, 5.74) is 1.95. The first kappa shape index (κ1) is 31.3. The highest BCUT2D eigenvalue weighted by molar-refractivity contribution is 7.92. The van der Waals surface area contributed by atoms with Crippen LogP contribution in [0.15, 0.2) is 120 Å². The molecule has 0 unspecified atom stereocenters. The highest BCUT2D eigenvalue weighted by Crippen LogP contribution is 2.28. The van der Waals surface area contributed by atoms with Gasteiger partial charge in [0, 0.05) is 25.1 Å². The summed E-state index contributed by atoms with van der Waals surface area (Å²) in [4.78, 5) is 29.6. The van der Waals surface area contributed by atoms with Crippen molar-refractivity contribution in [2.45, 2.75) is 43.8 Å². The molecule has 224 valence electrons. The van der Waals surface area contributed by atoms with Gasteiger partial charge in [-0.15, -0.1) is 0 Å². The molecule has 8 nitrogen and oxygen atoms in total. The van der Waals surface area contributed by atoms with Crippen molar-refractivity contribution < 1.29 is 22.7 Å². The van der Waals surface area contributed by atoms with Crippen LogP contribution in [0, 0.1) is 0 Å². The van der Waals surface area contributed by atoms with Crippen molar-refractivity contribution in [1.29, 1.82) is 0 Å². The molecule has 0 saturated heterocycles. The van der Waals surface area contributed by atoms with Crippen molar-refractivity contribution in [2.24, 2.45) is 0 Å². The molecule has 0 bridgehead atoms. The number of methoxy groups -OCH3 is 1. The normalized spacial score (nSPS) is 11.9. The van der Waals surface area contributed by atoms with Gasteiger partial charge in [-0.3, -0.25) is 13.9 Å². The number of rotatable bonds is 13. The lowest BCUT2D eigenvalue weighted by atomic mass is 10.0. The van der Waals surface area contributed by atoms with Gasteiger partial charge in [-0.05, 0) is 49.2 Å². The van der Waals surface area contributed by atoms with E-state index in [2.05, 4.69) is 5.32 Å². The van der Waals surface area contributed by atoms with E-state index in [0.717, 1.165) is 15.4 Å². The van der Waals surface area contributed by atoms with Gasteiger partial charge >= 0.3 is 0 Å². The van der Waals surface area contributed by atoms with Crippen molar-refractivity contribution in [3.63, 3.8) is 0 Å². The largest absolute Gasteiger partial charge is 0.497 e. The second-order valence-corrected chi connectivity index (χ2v) is 12.3. The van der Waals surface area contributed by atoms with E-state index in [1.165, 1.54) is 24.1 Å². The summed E-state index contributed by atoms with van der Waals surface area (Å²) in [5, 5.41) is 2.96. The lowest BCUT2D eigenvalue weighted by Crippen LogP contribution is -2.54. The standard InChI is InChI=1S/C34H37N3O5S/c1-26(2)35-34(39)32(22-27-14-7-4-8-15-27)36(24-28-16-9-5-10-17-28)33(38)25-37(29-18-13-19-30(23-29)42-3)43(40,41)31-20-11-6-12-21-31/h4-21,23,26,32H,22,24-25H2,1-3H3,(H,35,39)/t32-/m1/s1. The van der Waals surface area contributed by atoms with Gasteiger partial charge in [0.25, 0.3) is 10.0 Å². The number of nitrogens with zero attached hydrogens (tertiary/aromatic N) is 2. The van der Waals surface area contributed by atoms with E-state index in [-0.39, 0.29) is 35.5 Å². The van der Waals surface area contributed by atoms with Crippen LogP contribution in [0.25, 0.3) is 0 Å². The first-order valence-electron chi connectivity index (χ1n) is 14.1. The number of carbonyl (C=O) groups excluding carboxylic acids is 2. The average Bonchev–Trinajstić information content (AvgIpc) is 3.02. The molecule has 2 amide bonds. The third-order valence-corrected chi connectivity index (χ3v) is 8.64. The Morgan fingerprint density at radius 3 is 1.95 bits per heavy atom. The fourth-order valence-corrected chi connectivity index (χ4v) is 6.16. The first-order chi connectivity index (χ1) is 20.7. The van der Waals surface area contributed by atoms with Crippen LogP contribution >= 0.6 is 0 Å². The van der Waals surface area contributed by atoms with E-state index in [1.807, 2.05) is 74.5 Å². The number of ether oxygens (including phenoxy) is 1. The molecule has 4 rings (SSSR count).